The first-order chi connectivity index (χ1) is 33.8. The minimum absolute atomic E-state index is 0. The molecule has 6 nitrogen and oxygen atoms in total. The molecular formula is C63H123AlO6. The Bertz CT molecular complexity index is 840. The molecule has 0 aromatic carbocycles. The van der Waals surface area contributed by atoms with Crippen molar-refractivity contribution in [2.75, 3.05) is 0 Å². The van der Waals surface area contributed by atoms with Gasteiger partial charge < -0.3 is 29.7 Å². The zero-order valence-electron chi connectivity index (χ0n) is 47.8. The number of rotatable bonds is 57. The van der Waals surface area contributed by atoms with E-state index in [9.17, 15) is 29.7 Å². The summed E-state index contributed by atoms with van der Waals surface area (Å²) in [4.78, 5) is 30.8. The van der Waals surface area contributed by atoms with Crippen LogP contribution >= 0.6 is 0 Å². The van der Waals surface area contributed by atoms with Crippen molar-refractivity contribution < 1.29 is 29.7 Å². The minimum Gasteiger partial charge on any atom is -0.550 e. The topological polar surface area (TPSA) is 120 Å². The minimum atomic E-state index is -0.901. The van der Waals surface area contributed by atoms with Gasteiger partial charge in [-0.2, -0.15) is 0 Å². The van der Waals surface area contributed by atoms with Crippen LogP contribution in [0.5, 0.6) is 0 Å². The maximum Gasteiger partial charge on any atom is 3.00 e. The van der Waals surface area contributed by atoms with E-state index >= 15 is 0 Å². The smallest absolute Gasteiger partial charge is 0.550 e. The fourth-order valence-electron chi connectivity index (χ4n) is 9.51. The standard InChI is InChI=1S/3C21H42O2.Al/c3*1-2-3-4-5-6-7-8-9-10-11-12-13-14-15-16-17-18-19-20-21(22)23;/h3*2-20H2,1H3,(H,22,23);/q;;;+3/p-3. The Balaban J connectivity index is -0.000000463. The summed E-state index contributed by atoms with van der Waals surface area (Å²) < 4.78 is 0. The van der Waals surface area contributed by atoms with Crippen molar-refractivity contribution in [3.05, 3.63) is 0 Å². The van der Waals surface area contributed by atoms with Gasteiger partial charge in [-0.15, -0.1) is 0 Å². The van der Waals surface area contributed by atoms with Crippen LogP contribution in [0.3, 0.4) is 0 Å². The number of carboxylic acid groups (broad SMARTS) is 3. The van der Waals surface area contributed by atoms with E-state index in [0.29, 0.717) is 0 Å². The summed E-state index contributed by atoms with van der Waals surface area (Å²) in [5.41, 5.74) is 0. The summed E-state index contributed by atoms with van der Waals surface area (Å²) in [6.45, 7) is 6.83. The van der Waals surface area contributed by atoms with Gasteiger partial charge in [0.25, 0.3) is 0 Å². The molecule has 0 saturated carbocycles. The third-order valence-corrected chi connectivity index (χ3v) is 14.2. The molecule has 0 aliphatic heterocycles. The van der Waals surface area contributed by atoms with E-state index in [1.54, 1.807) is 0 Å². The third kappa shape index (κ3) is 83.8. The molecule has 0 saturated heterocycles. The predicted molar refractivity (Wildman–Crippen MR) is 301 cm³/mol. The van der Waals surface area contributed by atoms with Crippen molar-refractivity contribution in [2.24, 2.45) is 0 Å². The molecule has 0 aliphatic rings. The Morgan fingerprint density at radius 1 is 0.186 bits per heavy atom. The summed E-state index contributed by atoms with van der Waals surface area (Å²) in [6.07, 6.45) is 72.8. The van der Waals surface area contributed by atoms with Gasteiger partial charge in [-0.05, 0) is 38.5 Å². The first-order valence-corrected chi connectivity index (χ1v) is 31.4. The van der Waals surface area contributed by atoms with Gasteiger partial charge in [-0.25, -0.2) is 0 Å². The van der Waals surface area contributed by atoms with Crippen LogP contribution in [-0.2, 0) is 14.4 Å². The first-order valence-electron chi connectivity index (χ1n) is 31.4. The van der Waals surface area contributed by atoms with E-state index in [-0.39, 0.29) is 36.6 Å². The second-order valence-electron chi connectivity index (χ2n) is 21.4. The summed E-state index contributed by atoms with van der Waals surface area (Å²) in [5, 5.41) is 30.8. The van der Waals surface area contributed by atoms with Gasteiger partial charge in [0.2, 0.25) is 0 Å². The van der Waals surface area contributed by atoms with Gasteiger partial charge in [0.05, 0.1) is 0 Å². The second-order valence-corrected chi connectivity index (χ2v) is 21.4. The Kier molecular flexibility index (Phi) is 77.8. The second kappa shape index (κ2) is 72.2. The molecule has 0 rings (SSSR count). The Morgan fingerprint density at radius 2 is 0.271 bits per heavy atom. The molecule has 0 aromatic heterocycles. The largest absolute Gasteiger partial charge is 3.00 e. The SMILES string of the molecule is CCCCCCCCCCCCCCCCCCCCC(=O)[O-].CCCCCCCCCCCCCCCCCCCCC(=O)[O-].CCCCCCCCCCCCCCCCCCCCC(=O)[O-].[Al+3]. The zero-order chi connectivity index (χ0) is 51.0. The average Bonchev–Trinajstić information content (AvgIpc) is 3.33. The molecule has 0 atom stereocenters. The van der Waals surface area contributed by atoms with Gasteiger partial charge >= 0.3 is 17.4 Å². The molecule has 0 unspecified atom stereocenters. The van der Waals surface area contributed by atoms with E-state index in [1.165, 1.54) is 308 Å². The van der Waals surface area contributed by atoms with Crippen molar-refractivity contribution in [2.45, 2.75) is 387 Å². The van der Waals surface area contributed by atoms with Gasteiger partial charge in [-0.1, -0.05) is 348 Å². The zero-order valence-corrected chi connectivity index (χ0v) is 49.0. The van der Waals surface area contributed by atoms with Crippen LogP contribution in [0.15, 0.2) is 0 Å². The normalized spacial score (nSPS) is 10.8. The quantitative estimate of drug-likeness (QED) is 0.0442. The molecule has 0 amide bonds. The summed E-state index contributed by atoms with van der Waals surface area (Å²) >= 11 is 0. The molecule has 0 spiro atoms. The number of carbonyl (C=O) groups is 3. The number of carboxylic acids is 3. The average molecular weight is 1000 g/mol. The van der Waals surface area contributed by atoms with Crippen molar-refractivity contribution in [3.63, 3.8) is 0 Å². The maximum atomic E-state index is 10.3. The molecule has 0 fully saturated rings. The van der Waals surface area contributed by atoms with Crippen molar-refractivity contribution in [1.29, 1.82) is 0 Å². The molecule has 0 aliphatic carbocycles. The van der Waals surface area contributed by atoms with Crippen LogP contribution in [0.2, 0.25) is 0 Å². The van der Waals surface area contributed by atoms with Crippen LogP contribution in [0.1, 0.15) is 387 Å². The fourth-order valence-corrected chi connectivity index (χ4v) is 9.51. The maximum absolute atomic E-state index is 10.3. The first kappa shape index (κ1) is 75.5. The number of carbonyl (C=O) groups excluding carboxylic acids is 3. The van der Waals surface area contributed by atoms with Gasteiger partial charge in [0.15, 0.2) is 0 Å². The van der Waals surface area contributed by atoms with Crippen LogP contribution in [-0.4, -0.2) is 35.3 Å². The van der Waals surface area contributed by atoms with E-state index in [4.69, 9.17) is 0 Å². The Morgan fingerprint density at radius 3 is 0.357 bits per heavy atom. The van der Waals surface area contributed by atoms with Crippen LogP contribution in [0.4, 0.5) is 0 Å². The summed E-state index contributed by atoms with van der Waals surface area (Å²) in [7, 11) is 0. The molecule has 7 heteroatoms. The Labute approximate surface area is 449 Å². The van der Waals surface area contributed by atoms with E-state index in [1.807, 2.05) is 0 Å². The summed E-state index contributed by atoms with van der Waals surface area (Å²) in [6, 6.07) is 0. The molecule has 0 aromatic rings. The fraction of sp³-hybridized carbons (Fsp3) is 0.952. The van der Waals surface area contributed by atoms with E-state index in [0.717, 1.165) is 38.5 Å². The number of aliphatic carboxylic acids is 3. The third-order valence-electron chi connectivity index (χ3n) is 14.2. The van der Waals surface area contributed by atoms with Crippen molar-refractivity contribution >= 4 is 35.3 Å². The molecule has 0 heterocycles. The van der Waals surface area contributed by atoms with E-state index in [2.05, 4.69) is 20.8 Å². The van der Waals surface area contributed by atoms with Crippen LogP contribution in [0.25, 0.3) is 0 Å². The summed E-state index contributed by atoms with van der Waals surface area (Å²) in [5.74, 6) is -2.70. The van der Waals surface area contributed by atoms with Gasteiger partial charge in [0.1, 0.15) is 0 Å². The van der Waals surface area contributed by atoms with E-state index < -0.39 is 17.9 Å². The molecule has 414 valence electrons. The van der Waals surface area contributed by atoms with Crippen molar-refractivity contribution in [3.8, 4) is 0 Å². The monoisotopic (exact) mass is 1000 g/mol. The van der Waals surface area contributed by atoms with Gasteiger partial charge in [0, 0.05) is 17.9 Å². The molecule has 0 bridgehead atoms. The Hall–Kier alpha value is -1.06. The van der Waals surface area contributed by atoms with Crippen molar-refractivity contribution in [1.82, 2.24) is 0 Å². The van der Waals surface area contributed by atoms with Gasteiger partial charge in [-0.3, -0.25) is 0 Å². The predicted octanol–water partition coefficient (Wildman–Crippen LogP) is 18.1. The number of unbranched alkanes of at least 4 members (excludes halogenated alkanes) is 51. The molecule has 0 N–H and O–H groups in total. The number of hydrogen-bond donors (Lipinski definition) is 0. The van der Waals surface area contributed by atoms with Crippen LogP contribution < -0.4 is 15.3 Å². The molecule has 0 radical (unpaired) electrons. The molecule has 70 heavy (non-hydrogen) atoms. The van der Waals surface area contributed by atoms with Crippen LogP contribution in [0, 0.1) is 0 Å². The molecular weight excluding hydrogens is 880 g/mol. The number of hydrogen-bond acceptors (Lipinski definition) is 6.